The van der Waals surface area contributed by atoms with Gasteiger partial charge in [0.25, 0.3) is 0 Å². The molecule has 0 spiro atoms. The van der Waals surface area contributed by atoms with Gasteiger partial charge >= 0.3 is 5.97 Å². The number of hydrogen-bond donors (Lipinski definition) is 0. The van der Waals surface area contributed by atoms with Gasteiger partial charge in [0.15, 0.2) is 0 Å². The van der Waals surface area contributed by atoms with Crippen molar-refractivity contribution in [2.24, 2.45) is 0 Å². The van der Waals surface area contributed by atoms with E-state index >= 15 is 0 Å². The molecule has 3 aromatic carbocycles. The molecule has 31 heavy (non-hydrogen) atoms. The van der Waals surface area contributed by atoms with Gasteiger partial charge in [-0.1, -0.05) is 24.3 Å². The zero-order valence-electron chi connectivity index (χ0n) is 18.6. The predicted octanol–water partition coefficient (Wildman–Crippen LogP) is 5.98. The van der Waals surface area contributed by atoms with Gasteiger partial charge in [0.1, 0.15) is 11.5 Å². The SMILES string of the molecule is CCOC(=O)c1c(C)n(-c2ccc(OCC)cc2)c2c1c(C)c(OC)c1ccccc12. The van der Waals surface area contributed by atoms with E-state index in [0.29, 0.717) is 18.8 Å². The number of esters is 1. The number of methoxy groups -OCH3 is 1. The fourth-order valence-electron chi connectivity index (χ4n) is 4.41. The zero-order chi connectivity index (χ0) is 22.1. The lowest BCUT2D eigenvalue weighted by Gasteiger charge is -2.15. The molecule has 5 heteroatoms. The predicted molar refractivity (Wildman–Crippen MR) is 124 cm³/mol. The van der Waals surface area contributed by atoms with Crippen molar-refractivity contribution >= 4 is 27.6 Å². The van der Waals surface area contributed by atoms with Crippen molar-refractivity contribution < 1.29 is 19.0 Å². The summed E-state index contributed by atoms with van der Waals surface area (Å²) in [5.74, 6) is 1.27. The molecule has 0 aliphatic heterocycles. The van der Waals surface area contributed by atoms with Crippen LogP contribution in [-0.2, 0) is 4.74 Å². The number of carbonyl (C=O) groups is 1. The molecule has 5 nitrogen and oxygen atoms in total. The molecule has 0 radical (unpaired) electrons. The minimum Gasteiger partial charge on any atom is -0.496 e. The standard InChI is InChI=1S/C26H27NO4/c1-6-30-19-14-12-18(13-15-19)27-17(4)23(26(28)31-7-2)22-16(3)25(29-5)21-11-9-8-10-20(21)24(22)27/h8-15H,6-7H2,1-5H3. The number of fused-ring (bicyclic) bond motifs is 3. The number of benzene rings is 3. The van der Waals surface area contributed by atoms with Gasteiger partial charge < -0.3 is 18.8 Å². The maximum atomic E-state index is 13.1. The number of rotatable bonds is 6. The number of nitrogens with zero attached hydrogens (tertiary/aromatic N) is 1. The quantitative estimate of drug-likeness (QED) is 0.362. The summed E-state index contributed by atoms with van der Waals surface area (Å²) in [7, 11) is 1.67. The van der Waals surface area contributed by atoms with E-state index in [1.54, 1.807) is 7.11 Å². The van der Waals surface area contributed by atoms with Gasteiger partial charge in [0.05, 0.1) is 31.4 Å². The van der Waals surface area contributed by atoms with Crippen LogP contribution in [0, 0.1) is 13.8 Å². The van der Waals surface area contributed by atoms with Crippen LogP contribution >= 0.6 is 0 Å². The van der Waals surface area contributed by atoms with Crippen molar-refractivity contribution in [1.82, 2.24) is 4.57 Å². The van der Waals surface area contributed by atoms with Crippen LogP contribution in [-0.4, -0.2) is 30.9 Å². The van der Waals surface area contributed by atoms with E-state index in [9.17, 15) is 4.79 Å². The summed E-state index contributed by atoms with van der Waals surface area (Å²) >= 11 is 0. The number of aromatic nitrogens is 1. The van der Waals surface area contributed by atoms with Crippen LogP contribution in [0.1, 0.15) is 35.5 Å². The van der Waals surface area contributed by atoms with E-state index in [4.69, 9.17) is 14.2 Å². The first-order valence-electron chi connectivity index (χ1n) is 10.5. The molecule has 4 rings (SSSR count). The second-order valence-corrected chi connectivity index (χ2v) is 7.37. The Hall–Kier alpha value is -3.47. The Morgan fingerprint density at radius 1 is 0.935 bits per heavy atom. The highest BCUT2D eigenvalue weighted by Crippen LogP contribution is 2.42. The fourth-order valence-corrected chi connectivity index (χ4v) is 4.41. The smallest absolute Gasteiger partial charge is 0.340 e. The molecule has 0 aliphatic rings. The maximum Gasteiger partial charge on any atom is 0.340 e. The Balaban J connectivity index is 2.15. The average molecular weight is 418 g/mol. The summed E-state index contributed by atoms with van der Waals surface area (Å²) in [6, 6.07) is 16.1. The second kappa shape index (κ2) is 8.34. The lowest BCUT2D eigenvalue weighted by molar-refractivity contribution is 0.0527. The highest BCUT2D eigenvalue weighted by molar-refractivity contribution is 6.18. The molecule has 0 bridgehead atoms. The van der Waals surface area contributed by atoms with Crippen molar-refractivity contribution in [1.29, 1.82) is 0 Å². The Morgan fingerprint density at radius 3 is 2.23 bits per heavy atom. The van der Waals surface area contributed by atoms with Crippen LogP contribution in [0.25, 0.3) is 27.4 Å². The van der Waals surface area contributed by atoms with Gasteiger partial charge in [0.2, 0.25) is 0 Å². The van der Waals surface area contributed by atoms with Crippen LogP contribution in [0.2, 0.25) is 0 Å². The number of hydrogen-bond acceptors (Lipinski definition) is 4. The van der Waals surface area contributed by atoms with Gasteiger partial charge in [-0.25, -0.2) is 4.79 Å². The molecule has 0 amide bonds. The fraction of sp³-hybridized carbons (Fsp3) is 0.269. The number of aryl methyl sites for hydroxylation is 1. The van der Waals surface area contributed by atoms with Gasteiger partial charge in [-0.05, 0) is 52.0 Å². The van der Waals surface area contributed by atoms with E-state index in [-0.39, 0.29) is 5.97 Å². The molecule has 0 N–H and O–H groups in total. The Bertz CT molecular complexity index is 1270. The largest absolute Gasteiger partial charge is 0.496 e. The second-order valence-electron chi connectivity index (χ2n) is 7.37. The van der Waals surface area contributed by atoms with Crippen molar-refractivity contribution in [3.63, 3.8) is 0 Å². The van der Waals surface area contributed by atoms with Crippen LogP contribution in [0.15, 0.2) is 48.5 Å². The molecule has 1 heterocycles. The lowest BCUT2D eigenvalue weighted by Crippen LogP contribution is -2.07. The van der Waals surface area contributed by atoms with Crippen molar-refractivity contribution in [3.05, 3.63) is 65.4 Å². The van der Waals surface area contributed by atoms with E-state index in [0.717, 1.165) is 50.1 Å². The Kier molecular flexibility index (Phi) is 5.59. The van der Waals surface area contributed by atoms with Gasteiger partial charge in [-0.3, -0.25) is 0 Å². The molecule has 0 saturated carbocycles. The van der Waals surface area contributed by atoms with Gasteiger partial charge in [-0.2, -0.15) is 0 Å². The summed E-state index contributed by atoms with van der Waals surface area (Å²) in [6.45, 7) is 8.67. The molecule has 160 valence electrons. The molecule has 0 atom stereocenters. The third-order valence-corrected chi connectivity index (χ3v) is 5.64. The normalized spacial score (nSPS) is 11.1. The summed E-state index contributed by atoms with van der Waals surface area (Å²) < 4.78 is 19.0. The summed E-state index contributed by atoms with van der Waals surface area (Å²) in [5.41, 5.74) is 4.26. The van der Waals surface area contributed by atoms with Gasteiger partial charge in [0, 0.05) is 33.1 Å². The summed E-state index contributed by atoms with van der Waals surface area (Å²) in [4.78, 5) is 13.1. The average Bonchev–Trinajstić information content (AvgIpc) is 3.08. The van der Waals surface area contributed by atoms with Crippen LogP contribution < -0.4 is 9.47 Å². The highest BCUT2D eigenvalue weighted by Gasteiger charge is 2.27. The zero-order valence-corrected chi connectivity index (χ0v) is 18.6. The van der Waals surface area contributed by atoms with Crippen LogP contribution in [0.5, 0.6) is 11.5 Å². The highest BCUT2D eigenvalue weighted by atomic mass is 16.5. The Labute approximate surface area is 182 Å². The van der Waals surface area contributed by atoms with E-state index < -0.39 is 0 Å². The first kappa shape index (κ1) is 20.8. The van der Waals surface area contributed by atoms with Gasteiger partial charge in [-0.15, -0.1) is 0 Å². The Morgan fingerprint density at radius 2 is 1.61 bits per heavy atom. The van der Waals surface area contributed by atoms with Crippen molar-refractivity contribution in [2.45, 2.75) is 27.7 Å². The topological polar surface area (TPSA) is 49.7 Å². The third-order valence-electron chi connectivity index (χ3n) is 5.64. The summed E-state index contributed by atoms with van der Waals surface area (Å²) in [6.07, 6.45) is 0. The number of ether oxygens (including phenoxy) is 3. The van der Waals surface area contributed by atoms with E-state index in [2.05, 4.69) is 16.7 Å². The third kappa shape index (κ3) is 3.30. The van der Waals surface area contributed by atoms with Crippen molar-refractivity contribution in [2.75, 3.05) is 20.3 Å². The monoisotopic (exact) mass is 417 g/mol. The molecule has 4 aromatic rings. The molecular formula is C26H27NO4. The lowest BCUT2D eigenvalue weighted by atomic mass is 9.98. The minimum atomic E-state index is -0.324. The maximum absolute atomic E-state index is 13.1. The summed E-state index contributed by atoms with van der Waals surface area (Å²) in [5, 5.41) is 2.89. The number of carbonyl (C=O) groups excluding carboxylic acids is 1. The van der Waals surface area contributed by atoms with Crippen LogP contribution in [0.3, 0.4) is 0 Å². The molecule has 1 aromatic heterocycles. The molecule has 0 aliphatic carbocycles. The van der Waals surface area contributed by atoms with Crippen molar-refractivity contribution in [3.8, 4) is 17.2 Å². The molecule has 0 unspecified atom stereocenters. The first-order valence-corrected chi connectivity index (χ1v) is 10.5. The van der Waals surface area contributed by atoms with Crippen LogP contribution in [0.4, 0.5) is 0 Å². The molecule has 0 saturated heterocycles. The van der Waals surface area contributed by atoms with E-state index in [1.165, 1.54) is 0 Å². The molecular weight excluding hydrogens is 390 g/mol. The molecule has 0 fully saturated rings. The first-order chi connectivity index (χ1) is 15.0. The minimum absolute atomic E-state index is 0.317. The van der Waals surface area contributed by atoms with E-state index in [1.807, 2.05) is 64.1 Å².